The van der Waals surface area contributed by atoms with Gasteiger partial charge in [0.15, 0.2) is 5.96 Å². The number of likely N-dealkylation sites (N-methyl/N-ethyl adjacent to an activating group) is 1. The topological polar surface area (TPSA) is 66.0 Å². The Kier molecular flexibility index (Phi) is 17.2. The van der Waals surface area contributed by atoms with Gasteiger partial charge in [-0.05, 0) is 12.8 Å². The molecule has 1 amide bonds. The highest BCUT2D eigenvalue weighted by Gasteiger charge is 2.15. The van der Waals surface area contributed by atoms with Crippen LogP contribution in [0.3, 0.4) is 0 Å². The van der Waals surface area contributed by atoms with Gasteiger partial charge in [-0.2, -0.15) is 0 Å². The van der Waals surface area contributed by atoms with Crippen molar-refractivity contribution < 1.29 is 9.53 Å². The second-order valence-corrected chi connectivity index (χ2v) is 7.47. The fourth-order valence-electron chi connectivity index (χ4n) is 2.91. The fraction of sp³-hybridized carbons (Fsp3) is 0.900. The minimum atomic E-state index is 0. The van der Waals surface area contributed by atoms with Crippen LogP contribution < -0.4 is 10.6 Å². The van der Waals surface area contributed by atoms with E-state index in [1.165, 1.54) is 44.9 Å². The molecule has 27 heavy (non-hydrogen) atoms. The van der Waals surface area contributed by atoms with Gasteiger partial charge in [-0.1, -0.05) is 51.9 Å². The molecule has 1 rings (SSSR count). The molecule has 0 aliphatic carbocycles. The van der Waals surface area contributed by atoms with Crippen molar-refractivity contribution in [1.29, 1.82) is 0 Å². The van der Waals surface area contributed by atoms with Gasteiger partial charge < -0.3 is 20.3 Å². The summed E-state index contributed by atoms with van der Waals surface area (Å²) in [4.78, 5) is 17.8. The first kappa shape index (κ1) is 26.4. The number of amides is 1. The molecule has 1 fully saturated rings. The third-order valence-corrected chi connectivity index (χ3v) is 4.78. The zero-order valence-electron chi connectivity index (χ0n) is 17.6. The number of nitrogens with zero attached hydrogens (tertiary/aromatic N) is 2. The molecule has 0 bridgehead atoms. The van der Waals surface area contributed by atoms with Gasteiger partial charge in [0.25, 0.3) is 0 Å². The van der Waals surface area contributed by atoms with E-state index in [0.29, 0.717) is 5.92 Å². The van der Waals surface area contributed by atoms with Gasteiger partial charge >= 0.3 is 0 Å². The lowest BCUT2D eigenvalue weighted by Crippen LogP contribution is -2.41. The molecule has 1 heterocycles. The zero-order valence-corrected chi connectivity index (χ0v) is 19.9. The van der Waals surface area contributed by atoms with E-state index >= 15 is 0 Å². The molecule has 6 nitrogen and oxygen atoms in total. The minimum Gasteiger partial charge on any atom is -0.381 e. The Morgan fingerprint density at radius 1 is 1.07 bits per heavy atom. The molecule has 0 aromatic heterocycles. The summed E-state index contributed by atoms with van der Waals surface area (Å²) in [6.45, 7) is 5.85. The molecule has 1 saturated heterocycles. The van der Waals surface area contributed by atoms with Crippen LogP contribution in [0.5, 0.6) is 0 Å². The summed E-state index contributed by atoms with van der Waals surface area (Å²) in [5, 5.41) is 6.75. The van der Waals surface area contributed by atoms with Crippen molar-refractivity contribution in [3.8, 4) is 0 Å². The normalized spacial score (nSPS) is 16.7. The van der Waals surface area contributed by atoms with Crippen molar-refractivity contribution in [1.82, 2.24) is 15.5 Å². The Labute approximate surface area is 183 Å². The average molecular weight is 496 g/mol. The first-order valence-electron chi connectivity index (χ1n) is 10.4. The van der Waals surface area contributed by atoms with Crippen molar-refractivity contribution in [2.45, 2.75) is 64.7 Å². The highest BCUT2D eigenvalue weighted by atomic mass is 127. The van der Waals surface area contributed by atoms with Crippen LogP contribution in [0.25, 0.3) is 0 Å². The number of halogens is 1. The number of carbonyl (C=O) groups is 1. The maximum atomic E-state index is 11.8. The quantitative estimate of drug-likeness (QED) is 0.178. The second-order valence-electron chi connectivity index (χ2n) is 7.47. The highest BCUT2D eigenvalue weighted by Crippen LogP contribution is 2.10. The molecule has 2 N–H and O–H groups in total. The van der Waals surface area contributed by atoms with Crippen LogP contribution in [0.1, 0.15) is 64.7 Å². The largest absolute Gasteiger partial charge is 0.381 e. The molecule has 1 aliphatic rings. The number of nitrogens with one attached hydrogen (secondary N) is 2. The predicted molar refractivity (Wildman–Crippen MR) is 124 cm³/mol. The van der Waals surface area contributed by atoms with E-state index in [9.17, 15) is 4.79 Å². The third kappa shape index (κ3) is 14.1. The second kappa shape index (κ2) is 17.5. The van der Waals surface area contributed by atoms with E-state index in [0.717, 1.165) is 45.1 Å². The smallest absolute Gasteiger partial charge is 0.243 e. The van der Waals surface area contributed by atoms with Gasteiger partial charge in [-0.15, -0.1) is 24.0 Å². The summed E-state index contributed by atoms with van der Waals surface area (Å²) in [5.41, 5.74) is 0. The SMILES string of the molecule is CCCCCCCCCCNC(=NCC(=O)N(C)C)NCC1CCOC1.I. The van der Waals surface area contributed by atoms with Crippen LogP contribution in [-0.4, -0.2) is 63.7 Å². The van der Waals surface area contributed by atoms with Crippen molar-refractivity contribution >= 4 is 35.8 Å². The van der Waals surface area contributed by atoms with E-state index in [1.807, 2.05) is 0 Å². The number of carbonyl (C=O) groups excluding carboxylic acids is 1. The summed E-state index contributed by atoms with van der Waals surface area (Å²) < 4.78 is 5.42. The summed E-state index contributed by atoms with van der Waals surface area (Å²) in [5.74, 6) is 1.30. The molecule has 0 aromatic carbocycles. The number of ether oxygens (including phenoxy) is 1. The van der Waals surface area contributed by atoms with E-state index < -0.39 is 0 Å². The van der Waals surface area contributed by atoms with E-state index in [-0.39, 0.29) is 36.4 Å². The van der Waals surface area contributed by atoms with Gasteiger partial charge in [0, 0.05) is 39.7 Å². The molecule has 7 heteroatoms. The first-order valence-corrected chi connectivity index (χ1v) is 10.4. The molecule has 0 spiro atoms. The molecule has 160 valence electrons. The number of guanidine groups is 1. The standard InChI is InChI=1S/C20H40N4O2.HI/c1-4-5-6-7-8-9-10-11-13-21-20(23-16-19(25)24(2)3)22-15-18-12-14-26-17-18;/h18H,4-17H2,1-3H3,(H2,21,22,23);1H. The Hall–Kier alpha value is -0.570. The van der Waals surface area contributed by atoms with Crippen LogP contribution in [0.2, 0.25) is 0 Å². The third-order valence-electron chi connectivity index (χ3n) is 4.78. The molecule has 1 aliphatic heterocycles. The number of hydrogen-bond acceptors (Lipinski definition) is 3. The lowest BCUT2D eigenvalue weighted by atomic mass is 10.1. The molecular formula is C20H41IN4O2. The molecule has 1 atom stereocenters. The average Bonchev–Trinajstić information content (AvgIpc) is 3.15. The number of aliphatic imine (C=N–C) groups is 1. The summed E-state index contributed by atoms with van der Waals surface area (Å²) in [7, 11) is 3.52. The van der Waals surface area contributed by atoms with Crippen LogP contribution in [0.15, 0.2) is 4.99 Å². The van der Waals surface area contributed by atoms with E-state index in [1.54, 1.807) is 19.0 Å². The molecule has 0 saturated carbocycles. The number of rotatable bonds is 13. The molecule has 0 aromatic rings. The molecular weight excluding hydrogens is 455 g/mol. The van der Waals surface area contributed by atoms with Crippen LogP contribution in [0, 0.1) is 5.92 Å². The lowest BCUT2D eigenvalue weighted by Gasteiger charge is -2.15. The van der Waals surface area contributed by atoms with E-state index in [2.05, 4.69) is 22.5 Å². The van der Waals surface area contributed by atoms with Gasteiger partial charge in [-0.3, -0.25) is 4.79 Å². The lowest BCUT2D eigenvalue weighted by molar-refractivity contribution is -0.127. The van der Waals surface area contributed by atoms with Crippen LogP contribution in [0.4, 0.5) is 0 Å². The maximum absolute atomic E-state index is 11.8. The van der Waals surface area contributed by atoms with Crippen molar-refractivity contribution in [3.63, 3.8) is 0 Å². The van der Waals surface area contributed by atoms with Crippen molar-refractivity contribution in [2.24, 2.45) is 10.9 Å². The van der Waals surface area contributed by atoms with Crippen molar-refractivity contribution in [3.05, 3.63) is 0 Å². The summed E-state index contributed by atoms with van der Waals surface area (Å²) >= 11 is 0. The highest BCUT2D eigenvalue weighted by molar-refractivity contribution is 14.0. The Bertz CT molecular complexity index is 399. The Balaban J connectivity index is 0.00000676. The van der Waals surface area contributed by atoms with Gasteiger partial charge in [0.2, 0.25) is 5.91 Å². The van der Waals surface area contributed by atoms with Gasteiger partial charge in [0.05, 0.1) is 6.61 Å². The maximum Gasteiger partial charge on any atom is 0.243 e. The van der Waals surface area contributed by atoms with Gasteiger partial charge in [-0.25, -0.2) is 4.99 Å². The van der Waals surface area contributed by atoms with Gasteiger partial charge in [0.1, 0.15) is 6.54 Å². The fourth-order valence-corrected chi connectivity index (χ4v) is 2.91. The first-order chi connectivity index (χ1) is 12.6. The Morgan fingerprint density at radius 2 is 1.74 bits per heavy atom. The van der Waals surface area contributed by atoms with Crippen molar-refractivity contribution in [2.75, 3.05) is 46.9 Å². The predicted octanol–water partition coefficient (Wildman–Crippen LogP) is 3.41. The number of hydrogen-bond donors (Lipinski definition) is 2. The van der Waals surface area contributed by atoms with Crippen LogP contribution >= 0.6 is 24.0 Å². The molecule has 1 unspecified atom stereocenters. The molecule has 0 radical (unpaired) electrons. The van der Waals surface area contributed by atoms with E-state index in [4.69, 9.17) is 4.74 Å². The Morgan fingerprint density at radius 3 is 2.33 bits per heavy atom. The zero-order chi connectivity index (χ0) is 19.0. The number of unbranched alkanes of at least 4 members (excludes halogenated alkanes) is 7. The minimum absolute atomic E-state index is 0. The van der Waals surface area contributed by atoms with Crippen LogP contribution in [-0.2, 0) is 9.53 Å². The monoisotopic (exact) mass is 496 g/mol. The summed E-state index contributed by atoms with van der Waals surface area (Å²) in [6, 6.07) is 0. The summed E-state index contributed by atoms with van der Waals surface area (Å²) in [6.07, 6.45) is 11.6.